The number of rotatable bonds is 4. The van der Waals surface area contributed by atoms with Crippen molar-refractivity contribution in [1.82, 2.24) is 0 Å². The van der Waals surface area contributed by atoms with E-state index < -0.39 is 5.97 Å². The molecule has 0 saturated carbocycles. The Bertz CT molecular complexity index is 1120. The topological polar surface area (TPSA) is 37.3 Å². The zero-order valence-corrected chi connectivity index (χ0v) is 20.4. The average molecular weight is 429 g/mol. The van der Waals surface area contributed by atoms with Crippen LogP contribution in [-0.2, 0) is 15.6 Å². The molecule has 0 aliphatic heterocycles. The van der Waals surface area contributed by atoms with E-state index in [1.54, 1.807) is 0 Å². The zero-order chi connectivity index (χ0) is 23.3. The molecule has 0 atom stereocenters. The number of hydrogen-bond donors (Lipinski definition) is 1. The van der Waals surface area contributed by atoms with Gasteiger partial charge >= 0.3 is 5.97 Å². The van der Waals surface area contributed by atoms with Gasteiger partial charge in [-0.3, -0.25) is 0 Å². The second-order valence-corrected chi connectivity index (χ2v) is 11.0. The molecular formula is C30H36O2. The Morgan fingerprint density at radius 1 is 0.906 bits per heavy atom. The first-order valence-corrected chi connectivity index (χ1v) is 11.9. The van der Waals surface area contributed by atoms with Crippen LogP contribution in [0.4, 0.5) is 0 Å². The molecule has 2 aromatic rings. The summed E-state index contributed by atoms with van der Waals surface area (Å²) < 4.78 is 0. The molecule has 0 saturated heterocycles. The molecule has 2 aliphatic rings. The van der Waals surface area contributed by atoms with Crippen LogP contribution >= 0.6 is 0 Å². The fourth-order valence-corrected chi connectivity index (χ4v) is 5.61. The van der Waals surface area contributed by atoms with Gasteiger partial charge < -0.3 is 5.11 Å². The van der Waals surface area contributed by atoms with E-state index in [9.17, 15) is 4.79 Å². The molecule has 0 aromatic heterocycles. The monoisotopic (exact) mass is 428 g/mol. The van der Waals surface area contributed by atoms with Crippen molar-refractivity contribution >= 4 is 22.7 Å². The molecule has 2 heteroatoms. The molecule has 4 rings (SSSR count). The third-order valence-electron chi connectivity index (χ3n) is 7.77. The third kappa shape index (κ3) is 4.08. The van der Waals surface area contributed by atoms with Crippen LogP contribution in [0, 0.1) is 6.92 Å². The van der Waals surface area contributed by atoms with Crippen molar-refractivity contribution in [3.63, 3.8) is 0 Å². The van der Waals surface area contributed by atoms with Gasteiger partial charge in [-0.05, 0) is 107 Å². The van der Waals surface area contributed by atoms with Crippen LogP contribution in [0.2, 0.25) is 0 Å². The van der Waals surface area contributed by atoms with Crippen molar-refractivity contribution in [2.24, 2.45) is 0 Å². The molecule has 2 nitrogen and oxygen atoms in total. The lowest BCUT2D eigenvalue weighted by Crippen LogP contribution is -2.34. The fourth-order valence-electron chi connectivity index (χ4n) is 5.61. The number of carbonyl (C=O) groups is 1. The number of allylic oxidation sites excluding steroid dienone is 3. The first kappa shape index (κ1) is 22.6. The molecule has 32 heavy (non-hydrogen) atoms. The first-order valence-electron chi connectivity index (χ1n) is 11.9. The summed E-state index contributed by atoms with van der Waals surface area (Å²) in [5.41, 5.74) is 12.3. The molecule has 0 unspecified atom stereocenters. The highest BCUT2D eigenvalue weighted by molar-refractivity contribution is 5.94. The number of carboxylic acids is 1. The highest BCUT2D eigenvalue weighted by atomic mass is 16.4. The van der Waals surface area contributed by atoms with Crippen LogP contribution in [0.3, 0.4) is 0 Å². The Morgan fingerprint density at radius 2 is 1.47 bits per heavy atom. The maximum Gasteiger partial charge on any atom is 0.328 e. The van der Waals surface area contributed by atoms with Crippen molar-refractivity contribution in [2.45, 2.75) is 84.5 Å². The van der Waals surface area contributed by atoms with Crippen molar-refractivity contribution < 1.29 is 9.90 Å². The van der Waals surface area contributed by atoms with Gasteiger partial charge in [-0.25, -0.2) is 4.79 Å². The van der Waals surface area contributed by atoms with Crippen molar-refractivity contribution in [3.8, 4) is 0 Å². The van der Waals surface area contributed by atoms with Crippen LogP contribution < -0.4 is 0 Å². The minimum atomic E-state index is -0.902. The highest BCUT2D eigenvalue weighted by Crippen LogP contribution is 2.49. The summed E-state index contributed by atoms with van der Waals surface area (Å²) in [5.74, 6) is -0.902. The third-order valence-corrected chi connectivity index (χ3v) is 7.77. The lowest BCUT2D eigenvalue weighted by molar-refractivity contribution is -0.131. The van der Waals surface area contributed by atoms with Gasteiger partial charge in [0.15, 0.2) is 0 Å². The van der Waals surface area contributed by atoms with Gasteiger partial charge in [-0.2, -0.15) is 0 Å². The normalized spacial score (nSPS) is 19.8. The van der Waals surface area contributed by atoms with E-state index in [0.717, 1.165) is 24.0 Å². The van der Waals surface area contributed by atoms with E-state index in [0.29, 0.717) is 0 Å². The Labute approximate surface area is 193 Å². The number of fused-ring (bicyclic) bond motifs is 1. The van der Waals surface area contributed by atoms with Gasteiger partial charge in [0.2, 0.25) is 0 Å². The summed E-state index contributed by atoms with van der Waals surface area (Å²) in [6.07, 6.45) is 7.15. The van der Waals surface area contributed by atoms with Crippen molar-refractivity contribution in [1.29, 1.82) is 0 Å². The lowest BCUT2D eigenvalue weighted by Gasteiger charge is -2.42. The summed E-state index contributed by atoms with van der Waals surface area (Å²) >= 11 is 0. The fraction of sp³-hybridized carbons (Fsp3) is 0.433. The Balaban J connectivity index is 1.79. The van der Waals surface area contributed by atoms with E-state index >= 15 is 0 Å². The number of carboxylic acid groups (broad SMARTS) is 1. The van der Waals surface area contributed by atoms with Gasteiger partial charge in [0, 0.05) is 6.08 Å². The summed E-state index contributed by atoms with van der Waals surface area (Å²) in [4.78, 5) is 11.0. The average Bonchev–Trinajstić information content (AvgIpc) is 3.20. The minimum Gasteiger partial charge on any atom is -0.478 e. The first-order chi connectivity index (χ1) is 15.0. The van der Waals surface area contributed by atoms with E-state index in [-0.39, 0.29) is 10.8 Å². The van der Waals surface area contributed by atoms with Crippen LogP contribution in [0.25, 0.3) is 16.7 Å². The van der Waals surface area contributed by atoms with E-state index in [1.807, 2.05) is 6.92 Å². The molecule has 1 N–H and O–H groups in total. The maximum atomic E-state index is 11.0. The largest absolute Gasteiger partial charge is 0.478 e. The van der Waals surface area contributed by atoms with Crippen LogP contribution in [0.1, 0.15) is 100 Å². The smallest absolute Gasteiger partial charge is 0.328 e. The standard InChI is InChI=1S/C30H36O2/c1-19(17-28(31)32)21-10-12-22(13-11-21)23-8-7-9-24(23)25-18-27-26(16-20(25)2)29(3,4)14-15-30(27,5)6/h10-13,16-18H,7-9,14-15H2,1-6H3,(H,31,32)/b19-17-. The molecule has 0 fully saturated rings. The predicted octanol–water partition coefficient (Wildman–Crippen LogP) is 7.93. The van der Waals surface area contributed by atoms with Gasteiger partial charge in [-0.1, -0.05) is 64.1 Å². The van der Waals surface area contributed by atoms with Crippen molar-refractivity contribution in [2.75, 3.05) is 0 Å². The van der Waals surface area contributed by atoms with Gasteiger partial charge in [0.1, 0.15) is 0 Å². The second-order valence-electron chi connectivity index (χ2n) is 11.0. The SMILES string of the molecule is C/C(=C/C(=O)O)c1ccc(C2=C(c3cc4c(cc3C)C(C)(C)CCC4(C)C)CCC2)cc1. The molecule has 0 radical (unpaired) electrons. The molecule has 168 valence electrons. The van der Waals surface area contributed by atoms with Gasteiger partial charge in [-0.15, -0.1) is 0 Å². The molecule has 0 heterocycles. The highest BCUT2D eigenvalue weighted by Gasteiger charge is 2.37. The minimum absolute atomic E-state index is 0.211. The van der Waals surface area contributed by atoms with Crippen LogP contribution in [0.15, 0.2) is 42.5 Å². The quantitative estimate of drug-likeness (QED) is 0.502. The number of hydrogen-bond acceptors (Lipinski definition) is 1. The Kier molecular flexibility index (Phi) is 5.69. The van der Waals surface area contributed by atoms with Crippen LogP contribution in [-0.4, -0.2) is 11.1 Å². The van der Waals surface area contributed by atoms with Crippen LogP contribution in [0.5, 0.6) is 0 Å². The molecule has 0 spiro atoms. The molecule has 0 bridgehead atoms. The van der Waals surface area contributed by atoms with E-state index in [4.69, 9.17) is 5.11 Å². The van der Waals surface area contributed by atoms with Gasteiger partial charge in [0.05, 0.1) is 0 Å². The van der Waals surface area contributed by atoms with E-state index in [2.05, 4.69) is 71.0 Å². The second kappa shape index (κ2) is 8.06. The molecule has 2 aliphatic carbocycles. The lowest BCUT2D eigenvalue weighted by atomic mass is 9.62. The maximum absolute atomic E-state index is 11.0. The number of aliphatic carboxylic acids is 1. The Morgan fingerprint density at radius 3 is 2.06 bits per heavy atom. The number of benzene rings is 2. The van der Waals surface area contributed by atoms with E-state index in [1.165, 1.54) is 64.3 Å². The molecule has 2 aromatic carbocycles. The van der Waals surface area contributed by atoms with Crippen molar-refractivity contribution in [3.05, 3.63) is 75.9 Å². The summed E-state index contributed by atoms with van der Waals surface area (Å²) in [7, 11) is 0. The molecular weight excluding hydrogens is 392 g/mol. The summed E-state index contributed by atoms with van der Waals surface area (Å²) in [6, 6.07) is 13.4. The number of aryl methyl sites for hydroxylation is 1. The predicted molar refractivity (Wildman–Crippen MR) is 135 cm³/mol. The molecule has 0 amide bonds. The summed E-state index contributed by atoms with van der Waals surface area (Å²) in [6.45, 7) is 13.7. The van der Waals surface area contributed by atoms with Gasteiger partial charge in [0.25, 0.3) is 0 Å². The zero-order valence-electron chi connectivity index (χ0n) is 20.4. The summed E-state index contributed by atoms with van der Waals surface area (Å²) in [5, 5.41) is 9.03. The Hall–Kier alpha value is -2.61.